The number of hydrogen-bond donors (Lipinski definition) is 1. The number of aromatic nitrogens is 2. The minimum atomic E-state index is -0.626. The minimum Gasteiger partial charge on any atom is -0.333 e. The number of nitrogens with zero attached hydrogens (tertiary/aromatic N) is 3. The molecule has 37 heavy (non-hydrogen) atoms. The molecule has 9 heteroatoms. The van der Waals surface area contributed by atoms with Gasteiger partial charge in [0.2, 0.25) is 5.95 Å². The number of halogens is 4. The van der Waals surface area contributed by atoms with Gasteiger partial charge in [-0.15, -0.1) is 0 Å². The van der Waals surface area contributed by atoms with Crippen LogP contribution in [0.4, 0.5) is 18.0 Å². The Balaban J connectivity index is 1.39. The highest BCUT2D eigenvalue weighted by Gasteiger charge is 2.27. The van der Waals surface area contributed by atoms with Crippen LogP contribution in [-0.4, -0.2) is 33.6 Å². The summed E-state index contributed by atoms with van der Waals surface area (Å²) in [5.74, 6) is -1.43. The number of fused-ring (bicyclic) bond motifs is 3. The van der Waals surface area contributed by atoms with Gasteiger partial charge in [-0.25, -0.2) is 18.6 Å². The van der Waals surface area contributed by atoms with Crippen LogP contribution in [0.25, 0.3) is 17.0 Å². The summed E-state index contributed by atoms with van der Waals surface area (Å²) in [5.41, 5.74) is 4.11. The maximum Gasteiger partial charge on any atom is 0.326 e. The lowest BCUT2D eigenvalue weighted by atomic mass is 10.0. The van der Waals surface area contributed by atoms with Gasteiger partial charge in [-0.1, -0.05) is 35.9 Å². The van der Waals surface area contributed by atoms with Gasteiger partial charge in [0.15, 0.2) is 0 Å². The third-order valence-corrected chi connectivity index (χ3v) is 6.87. The second kappa shape index (κ2) is 10.4. The van der Waals surface area contributed by atoms with Crippen molar-refractivity contribution in [3.8, 4) is 0 Å². The second-order valence-corrected chi connectivity index (χ2v) is 9.49. The van der Waals surface area contributed by atoms with Gasteiger partial charge in [-0.2, -0.15) is 4.39 Å². The van der Waals surface area contributed by atoms with E-state index in [0.717, 1.165) is 16.8 Å². The molecule has 2 aromatic carbocycles. The number of hydrogen-bond acceptors (Lipinski definition) is 3. The monoisotopic (exact) mass is 524 g/mol. The summed E-state index contributed by atoms with van der Waals surface area (Å²) in [7, 11) is 0. The topological polar surface area (TPSA) is 50.2 Å². The lowest BCUT2D eigenvalue weighted by Crippen LogP contribution is -2.34. The van der Waals surface area contributed by atoms with Gasteiger partial charge in [-0.3, -0.25) is 9.47 Å². The van der Waals surface area contributed by atoms with Gasteiger partial charge < -0.3 is 5.32 Å². The molecule has 1 aliphatic rings. The Morgan fingerprint density at radius 3 is 2.76 bits per heavy atom. The first-order valence-corrected chi connectivity index (χ1v) is 12.2. The number of nitrogens with one attached hydrogen (secondary N) is 1. The number of aryl methyl sites for hydroxylation is 1. The molecule has 0 bridgehead atoms. The number of pyridine rings is 1. The van der Waals surface area contributed by atoms with Crippen LogP contribution in [0.3, 0.4) is 0 Å². The number of carbonyl (C=O) groups excluding carboxylic acids is 1. The smallest absolute Gasteiger partial charge is 0.326 e. The molecule has 0 unspecified atom stereocenters. The highest BCUT2D eigenvalue weighted by molar-refractivity contribution is 6.31. The average Bonchev–Trinajstić information content (AvgIpc) is 3.17. The summed E-state index contributed by atoms with van der Waals surface area (Å²) in [5, 5.41) is 3.36. The van der Waals surface area contributed by atoms with Crippen molar-refractivity contribution in [3.05, 3.63) is 105 Å². The fourth-order valence-electron chi connectivity index (χ4n) is 4.65. The molecule has 0 radical (unpaired) electrons. The van der Waals surface area contributed by atoms with Crippen LogP contribution in [0.15, 0.2) is 54.7 Å². The molecule has 0 spiro atoms. The van der Waals surface area contributed by atoms with Crippen molar-refractivity contribution in [2.24, 2.45) is 0 Å². The highest BCUT2D eigenvalue weighted by atomic mass is 35.5. The minimum absolute atomic E-state index is 0.0716. The third-order valence-electron chi connectivity index (χ3n) is 6.58. The predicted octanol–water partition coefficient (Wildman–Crippen LogP) is 6.24. The fourth-order valence-corrected chi connectivity index (χ4v) is 4.81. The zero-order valence-corrected chi connectivity index (χ0v) is 20.8. The number of benzene rings is 2. The van der Waals surface area contributed by atoms with Crippen molar-refractivity contribution in [2.45, 2.75) is 26.4 Å². The summed E-state index contributed by atoms with van der Waals surface area (Å²) < 4.78 is 43.2. The SMILES string of the molecule is Cc1ccc(/C=C/CN2CCc3c(c4cc(F)c(Cl)cc4n3C(=O)NCc3ccnc(F)c3)C2)cc1F. The van der Waals surface area contributed by atoms with Gasteiger partial charge in [0.25, 0.3) is 0 Å². The highest BCUT2D eigenvalue weighted by Crippen LogP contribution is 2.34. The number of carbonyl (C=O) groups is 1. The van der Waals surface area contributed by atoms with Crippen molar-refractivity contribution in [1.29, 1.82) is 0 Å². The summed E-state index contributed by atoms with van der Waals surface area (Å²) in [4.78, 5) is 19.0. The summed E-state index contributed by atoms with van der Waals surface area (Å²) in [6, 6.07) is 10.4. The van der Waals surface area contributed by atoms with Gasteiger partial charge in [0.05, 0.1) is 10.5 Å². The molecule has 190 valence electrons. The van der Waals surface area contributed by atoms with Crippen LogP contribution in [0.1, 0.15) is 27.9 Å². The first-order valence-electron chi connectivity index (χ1n) is 11.8. The maximum atomic E-state index is 14.4. The predicted molar refractivity (Wildman–Crippen MR) is 138 cm³/mol. The van der Waals surface area contributed by atoms with Crippen LogP contribution in [-0.2, 0) is 19.5 Å². The molecular weight excluding hydrogens is 501 g/mol. The van der Waals surface area contributed by atoms with Gasteiger partial charge in [0.1, 0.15) is 11.6 Å². The molecule has 0 aliphatic carbocycles. The van der Waals surface area contributed by atoms with Crippen molar-refractivity contribution >= 4 is 34.6 Å². The van der Waals surface area contributed by atoms with Crippen LogP contribution >= 0.6 is 11.6 Å². The lowest BCUT2D eigenvalue weighted by Gasteiger charge is -2.27. The van der Waals surface area contributed by atoms with Crippen molar-refractivity contribution < 1.29 is 18.0 Å². The second-order valence-electron chi connectivity index (χ2n) is 9.09. The molecule has 0 saturated carbocycles. The number of amides is 1. The zero-order valence-electron chi connectivity index (χ0n) is 20.1. The lowest BCUT2D eigenvalue weighted by molar-refractivity contribution is 0.240. The van der Waals surface area contributed by atoms with Crippen molar-refractivity contribution in [3.63, 3.8) is 0 Å². The van der Waals surface area contributed by atoms with E-state index in [0.29, 0.717) is 48.1 Å². The van der Waals surface area contributed by atoms with Crippen LogP contribution in [0.5, 0.6) is 0 Å². The molecule has 2 aromatic heterocycles. The molecule has 5 rings (SSSR count). The normalized spacial score (nSPS) is 13.9. The van der Waals surface area contributed by atoms with E-state index in [-0.39, 0.29) is 17.4 Å². The van der Waals surface area contributed by atoms with Crippen molar-refractivity contribution in [2.75, 3.05) is 13.1 Å². The van der Waals surface area contributed by atoms with Gasteiger partial charge >= 0.3 is 6.03 Å². The van der Waals surface area contributed by atoms with E-state index in [2.05, 4.69) is 15.2 Å². The van der Waals surface area contributed by atoms with E-state index in [1.54, 1.807) is 19.1 Å². The largest absolute Gasteiger partial charge is 0.333 e. The van der Waals surface area contributed by atoms with E-state index in [1.807, 2.05) is 18.2 Å². The van der Waals surface area contributed by atoms with Crippen LogP contribution in [0.2, 0.25) is 5.02 Å². The molecule has 1 N–H and O–H groups in total. The summed E-state index contributed by atoms with van der Waals surface area (Å²) in [6.07, 6.45) is 5.74. The first-order chi connectivity index (χ1) is 17.8. The Bertz CT molecular complexity index is 1530. The molecule has 5 nitrogen and oxygen atoms in total. The van der Waals surface area contributed by atoms with Crippen molar-refractivity contribution in [1.82, 2.24) is 19.8 Å². The Labute approximate surface area is 217 Å². The molecular formula is C28H24ClF3N4O. The Morgan fingerprint density at radius 2 is 1.97 bits per heavy atom. The third kappa shape index (κ3) is 5.26. The van der Waals surface area contributed by atoms with E-state index in [9.17, 15) is 18.0 Å². The summed E-state index contributed by atoms with van der Waals surface area (Å²) in [6.45, 7) is 3.62. The van der Waals surface area contributed by atoms with Gasteiger partial charge in [-0.05, 0) is 59.5 Å². The molecule has 1 aliphatic heterocycles. The summed E-state index contributed by atoms with van der Waals surface area (Å²) >= 11 is 6.08. The molecule has 1 amide bonds. The molecule has 0 fully saturated rings. The Kier molecular flexibility index (Phi) is 7.04. The maximum absolute atomic E-state index is 14.4. The zero-order chi connectivity index (χ0) is 26.1. The molecule has 3 heterocycles. The number of rotatable bonds is 5. The van der Waals surface area contributed by atoms with E-state index in [4.69, 9.17) is 11.6 Å². The molecule has 4 aromatic rings. The van der Waals surface area contributed by atoms with Crippen LogP contribution in [0, 0.1) is 24.5 Å². The molecule has 0 atom stereocenters. The quantitative estimate of drug-likeness (QED) is 0.314. The standard InChI is InChI=1S/C28H24ClF3N4O/c1-17-4-5-18(11-23(17)30)3-2-9-35-10-7-25-21(16-35)20-13-24(31)22(29)14-26(20)36(25)28(37)34-15-19-6-8-33-27(32)12-19/h2-6,8,11-14H,7,9-10,15-16H2,1H3,(H,34,37)/b3-2+. The Hall–Kier alpha value is -3.62. The first kappa shape index (κ1) is 25.0. The van der Waals surface area contributed by atoms with Gasteiger partial charge in [0, 0.05) is 49.9 Å². The van der Waals surface area contributed by atoms with E-state index < -0.39 is 17.8 Å². The van der Waals surface area contributed by atoms with E-state index in [1.165, 1.54) is 35.0 Å². The van der Waals surface area contributed by atoms with E-state index >= 15 is 0 Å². The average molecular weight is 525 g/mol. The van der Waals surface area contributed by atoms with Crippen LogP contribution < -0.4 is 5.32 Å². The fraction of sp³-hybridized carbons (Fsp3) is 0.214. The molecule has 0 saturated heterocycles. The Morgan fingerprint density at radius 1 is 1.14 bits per heavy atom.